The minimum absolute atomic E-state index is 0.0204. The van der Waals surface area contributed by atoms with Crippen molar-refractivity contribution in [2.24, 2.45) is 5.73 Å². The van der Waals surface area contributed by atoms with Gasteiger partial charge in [0.2, 0.25) is 5.88 Å². The molecule has 1 aromatic heterocycles. The molecular weight excluding hydrogens is 227 g/mol. The first-order chi connectivity index (χ1) is 7.37. The van der Waals surface area contributed by atoms with Gasteiger partial charge >= 0.3 is 6.36 Å². The van der Waals surface area contributed by atoms with Crippen LogP contribution in [0.2, 0.25) is 0 Å². The topological polar surface area (TPSA) is 94.4 Å². The van der Waals surface area contributed by atoms with E-state index in [1.165, 1.54) is 6.07 Å². The number of anilines is 1. The lowest BCUT2D eigenvalue weighted by molar-refractivity contribution is -0.276. The smallest absolute Gasteiger partial charge is 0.397 e. The Morgan fingerprint density at radius 3 is 2.50 bits per heavy atom. The molecule has 0 saturated heterocycles. The molecule has 1 aromatic rings. The monoisotopic (exact) mass is 237 g/mol. The number of hydrogen-bond donors (Lipinski definition) is 3. The van der Waals surface area contributed by atoms with Crippen LogP contribution in [0.25, 0.3) is 0 Å². The third-order valence-electron chi connectivity index (χ3n) is 1.76. The van der Waals surface area contributed by atoms with Gasteiger partial charge in [0, 0.05) is 12.1 Å². The number of nitrogens with zero attached hydrogens (tertiary/aromatic N) is 1. The summed E-state index contributed by atoms with van der Waals surface area (Å²) in [5, 5.41) is 8.79. The summed E-state index contributed by atoms with van der Waals surface area (Å²) < 4.78 is 39.7. The number of alkyl halides is 3. The molecule has 5 N–H and O–H groups in total. The van der Waals surface area contributed by atoms with E-state index in [1.807, 2.05) is 0 Å². The Bertz CT molecular complexity index is 382. The van der Waals surface area contributed by atoms with Gasteiger partial charge in [-0.3, -0.25) is 0 Å². The molecule has 0 spiro atoms. The zero-order chi connectivity index (χ0) is 12.3. The number of aliphatic hydroxyl groups is 1. The fourth-order valence-electron chi connectivity index (χ4n) is 1.06. The molecule has 0 aliphatic rings. The number of aliphatic hydroxyl groups excluding tert-OH is 1. The van der Waals surface area contributed by atoms with Gasteiger partial charge in [0.1, 0.15) is 0 Å². The second kappa shape index (κ2) is 4.54. The van der Waals surface area contributed by atoms with E-state index in [0.717, 1.165) is 0 Å². The van der Waals surface area contributed by atoms with Gasteiger partial charge in [0.05, 0.1) is 18.0 Å². The average Bonchev–Trinajstić information content (AvgIpc) is 2.18. The number of rotatable bonds is 3. The second-order valence-electron chi connectivity index (χ2n) is 2.90. The lowest BCUT2D eigenvalue weighted by Crippen LogP contribution is -2.20. The maximum absolute atomic E-state index is 12.0. The van der Waals surface area contributed by atoms with Crippen LogP contribution in [0.15, 0.2) is 6.07 Å². The molecule has 0 unspecified atom stereocenters. The summed E-state index contributed by atoms with van der Waals surface area (Å²) >= 11 is 0. The average molecular weight is 237 g/mol. The Kier molecular flexibility index (Phi) is 3.55. The molecule has 1 rings (SSSR count). The van der Waals surface area contributed by atoms with Crippen LogP contribution in [-0.4, -0.2) is 16.5 Å². The van der Waals surface area contributed by atoms with Crippen molar-refractivity contribution in [3.63, 3.8) is 0 Å². The van der Waals surface area contributed by atoms with E-state index in [9.17, 15) is 13.2 Å². The van der Waals surface area contributed by atoms with Crippen LogP contribution in [0.1, 0.15) is 11.3 Å². The standard InChI is InChI=1S/C8H10F3N3O2/c9-8(10,11)16-7-4(2-12)1-5(13)6(3-15)14-7/h1,15H,2-3,12-13H2. The molecule has 16 heavy (non-hydrogen) atoms. The zero-order valence-electron chi connectivity index (χ0n) is 8.08. The molecule has 0 fully saturated rings. The largest absolute Gasteiger partial charge is 0.574 e. The predicted molar refractivity (Wildman–Crippen MR) is 49.1 cm³/mol. The first kappa shape index (κ1) is 12.5. The molecule has 0 amide bonds. The van der Waals surface area contributed by atoms with Crippen LogP contribution in [0, 0.1) is 0 Å². The van der Waals surface area contributed by atoms with Gasteiger partial charge in [-0.15, -0.1) is 13.2 Å². The third kappa shape index (κ3) is 2.97. The van der Waals surface area contributed by atoms with E-state index in [4.69, 9.17) is 16.6 Å². The van der Waals surface area contributed by atoms with Crippen LogP contribution >= 0.6 is 0 Å². The van der Waals surface area contributed by atoms with Crippen molar-refractivity contribution in [2.75, 3.05) is 5.73 Å². The first-order valence-electron chi connectivity index (χ1n) is 4.22. The van der Waals surface area contributed by atoms with Crippen LogP contribution in [0.5, 0.6) is 5.88 Å². The van der Waals surface area contributed by atoms with E-state index in [-0.39, 0.29) is 23.5 Å². The highest BCUT2D eigenvalue weighted by atomic mass is 19.4. The number of aromatic nitrogens is 1. The molecular formula is C8H10F3N3O2. The number of ether oxygens (including phenoxy) is 1. The van der Waals surface area contributed by atoms with Crippen molar-refractivity contribution < 1.29 is 23.0 Å². The van der Waals surface area contributed by atoms with Crippen LogP contribution in [0.4, 0.5) is 18.9 Å². The predicted octanol–water partition coefficient (Wildman–Crippen LogP) is 0.513. The van der Waals surface area contributed by atoms with Gasteiger partial charge in [0.15, 0.2) is 0 Å². The molecule has 0 aliphatic heterocycles. The van der Waals surface area contributed by atoms with Crippen molar-refractivity contribution in [3.05, 3.63) is 17.3 Å². The maximum Gasteiger partial charge on any atom is 0.574 e. The highest BCUT2D eigenvalue weighted by molar-refractivity contribution is 5.48. The number of halogens is 3. The summed E-state index contributed by atoms with van der Waals surface area (Å²) in [6.45, 7) is -0.779. The molecule has 0 atom stereocenters. The van der Waals surface area contributed by atoms with E-state index >= 15 is 0 Å². The quantitative estimate of drug-likeness (QED) is 0.712. The van der Waals surface area contributed by atoms with Gasteiger partial charge in [-0.05, 0) is 6.07 Å². The molecule has 0 aliphatic carbocycles. The number of nitrogens with two attached hydrogens (primary N) is 2. The van der Waals surface area contributed by atoms with E-state index in [0.29, 0.717) is 0 Å². The van der Waals surface area contributed by atoms with Gasteiger partial charge in [-0.1, -0.05) is 0 Å². The molecule has 0 saturated carbocycles. The normalized spacial score (nSPS) is 11.6. The summed E-state index contributed by atoms with van der Waals surface area (Å²) in [6.07, 6.45) is -4.86. The lowest BCUT2D eigenvalue weighted by Gasteiger charge is -2.13. The summed E-state index contributed by atoms with van der Waals surface area (Å²) in [4.78, 5) is 3.45. The third-order valence-corrected chi connectivity index (χ3v) is 1.76. The minimum atomic E-state index is -4.86. The van der Waals surface area contributed by atoms with E-state index in [2.05, 4.69) is 9.72 Å². The number of nitrogen functional groups attached to an aromatic ring is 1. The van der Waals surface area contributed by atoms with Gasteiger partial charge in [-0.2, -0.15) is 0 Å². The Hall–Kier alpha value is -1.54. The maximum atomic E-state index is 12.0. The fourth-order valence-corrected chi connectivity index (χ4v) is 1.06. The molecule has 5 nitrogen and oxygen atoms in total. The second-order valence-corrected chi connectivity index (χ2v) is 2.90. The van der Waals surface area contributed by atoms with Crippen LogP contribution < -0.4 is 16.2 Å². The van der Waals surface area contributed by atoms with Crippen molar-refractivity contribution in [1.82, 2.24) is 4.98 Å². The summed E-state index contributed by atoms with van der Waals surface area (Å²) in [5.41, 5.74) is 10.7. The van der Waals surface area contributed by atoms with E-state index < -0.39 is 18.8 Å². The Morgan fingerprint density at radius 2 is 2.06 bits per heavy atom. The highest BCUT2D eigenvalue weighted by Crippen LogP contribution is 2.27. The lowest BCUT2D eigenvalue weighted by atomic mass is 10.2. The molecule has 1 heterocycles. The highest BCUT2D eigenvalue weighted by Gasteiger charge is 2.33. The molecule has 8 heteroatoms. The number of pyridine rings is 1. The van der Waals surface area contributed by atoms with Crippen LogP contribution in [-0.2, 0) is 13.2 Å². The summed E-state index contributed by atoms with van der Waals surface area (Å²) in [7, 11) is 0. The SMILES string of the molecule is NCc1cc(N)c(CO)nc1OC(F)(F)F. The van der Waals surface area contributed by atoms with Gasteiger partial charge in [-0.25, -0.2) is 4.98 Å². The van der Waals surface area contributed by atoms with E-state index in [1.54, 1.807) is 0 Å². The Morgan fingerprint density at radius 1 is 1.44 bits per heavy atom. The Labute approximate surface area is 88.8 Å². The van der Waals surface area contributed by atoms with Gasteiger partial charge in [0.25, 0.3) is 0 Å². The zero-order valence-corrected chi connectivity index (χ0v) is 8.08. The van der Waals surface area contributed by atoms with Crippen molar-refractivity contribution in [2.45, 2.75) is 19.5 Å². The molecule has 0 aromatic carbocycles. The van der Waals surface area contributed by atoms with Crippen molar-refractivity contribution in [3.8, 4) is 5.88 Å². The first-order valence-corrected chi connectivity index (χ1v) is 4.22. The van der Waals surface area contributed by atoms with Crippen molar-refractivity contribution >= 4 is 5.69 Å². The molecule has 0 radical (unpaired) electrons. The van der Waals surface area contributed by atoms with Crippen molar-refractivity contribution in [1.29, 1.82) is 0 Å². The molecule has 0 bridgehead atoms. The Balaban J connectivity index is 3.15. The molecule has 90 valence electrons. The summed E-state index contributed by atoms with van der Waals surface area (Å²) in [6, 6.07) is 1.19. The minimum Gasteiger partial charge on any atom is -0.397 e. The number of hydrogen-bond acceptors (Lipinski definition) is 5. The van der Waals surface area contributed by atoms with Crippen LogP contribution in [0.3, 0.4) is 0 Å². The summed E-state index contributed by atoms with van der Waals surface area (Å²) in [5.74, 6) is -0.687. The van der Waals surface area contributed by atoms with Gasteiger partial charge < -0.3 is 21.3 Å². The fraction of sp³-hybridized carbons (Fsp3) is 0.375.